The van der Waals surface area contributed by atoms with E-state index in [0.717, 1.165) is 36.8 Å². The topological polar surface area (TPSA) is 78.4 Å². The lowest BCUT2D eigenvalue weighted by atomic mass is 9.86. The molecule has 5 nitrogen and oxygen atoms in total. The molecule has 5 heteroatoms. The summed E-state index contributed by atoms with van der Waals surface area (Å²) in [5.41, 5.74) is 2.54. The first kappa shape index (κ1) is 19.2. The third kappa shape index (κ3) is 6.35. The van der Waals surface area contributed by atoms with E-state index in [1.165, 1.54) is 0 Å². The highest BCUT2D eigenvalue weighted by atomic mass is 16.3. The molecule has 0 aliphatic heterocycles. The van der Waals surface area contributed by atoms with Crippen molar-refractivity contribution in [1.29, 1.82) is 0 Å². The van der Waals surface area contributed by atoms with Gasteiger partial charge in [0.15, 0.2) is 0 Å². The van der Waals surface area contributed by atoms with Crippen molar-refractivity contribution in [1.82, 2.24) is 10.6 Å². The Kier molecular flexibility index (Phi) is 7.19. The molecule has 0 bridgehead atoms. The van der Waals surface area contributed by atoms with Gasteiger partial charge in [0.1, 0.15) is 0 Å². The van der Waals surface area contributed by atoms with Gasteiger partial charge in [-0.05, 0) is 63.1 Å². The number of nitrogens with one attached hydrogen (secondary N) is 2. The molecule has 3 N–H and O–H groups in total. The van der Waals surface area contributed by atoms with Crippen molar-refractivity contribution in [3.8, 4) is 0 Å². The molecule has 1 fully saturated rings. The van der Waals surface area contributed by atoms with Gasteiger partial charge in [0.05, 0.1) is 0 Å². The number of amides is 2. The summed E-state index contributed by atoms with van der Waals surface area (Å²) >= 11 is 0. The number of rotatable bonds is 6. The summed E-state index contributed by atoms with van der Waals surface area (Å²) in [6.45, 7) is 4.44. The van der Waals surface area contributed by atoms with Crippen LogP contribution in [-0.4, -0.2) is 29.6 Å². The van der Waals surface area contributed by atoms with Crippen molar-refractivity contribution < 1.29 is 14.7 Å². The van der Waals surface area contributed by atoms with Crippen LogP contribution in [0, 0.1) is 5.92 Å². The first-order valence-corrected chi connectivity index (χ1v) is 8.91. The zero-order valence-electron chi connectivity index (χ0n) is 15.0. The summed E-state index contributed by atoms with van der Waals surface area (Å²) in [5.74, 6) is 0.210. The van der Waals surface area contributed by atoms with Crippen LogP contribution in [0.1, 0.15) is 55.5 Å². The molecule has 0 heterocycles. The van der Waals surface area contributed by atoms with Crippen LogP contribution in [0.25, 0.3) is 0 Å². The summed E-state index contributed by atoms with van der Waals surface area (Å²) < 4.78 is 0. The Balaban J connectivity index is 1.82. The molecule has 1 aromatic carbocycles. The third-order valence-corrected chi connectivity index (χ3v) is 4.54. The van der Waals surface area contributed by atoms with Crippen LogP contribution in [0.15, 0.2) is 35.9 Å². The maximum atomic E-state index is 12.3. The van der Waals surface area contributed by atoms with E-state index < -0.39 is 0 Å². The number of aliphatic hydroxyl groups is 1. The molecule has 2 amide bonds. The van der Waals surface area contributed by atoms with Crippen molar-refractivity contribution in [2.75, 3.05) is 6.61 Å². The van der Waals surface area contributed by atoms with Gasteiger partial charge in [-0.1, -0.05) is 17.7 Å². The maximum absolute atomic E-state index is 12.3. The van der Waals surface area contributed by atoms with Gasteiger partial charge in [0.25, 0.3) is 5.91 Å². The Bertz CT molecular complexity index is 610. The number of carbonyl (C=O) groups excluding carboxylic acids is 2. The van der Waals surface area contributed by atoms with Gasteiger partial charge in [-0.3, -0.25) is 9.59 Å². The second kappa shape index (κ2) is 9.37. The molecule has 0 aromatic heterocycles. The van der Waals surface area contributed by atoms with Gasteiger partial charge < -0.3 is 15.7 Å². The molecular formula is C20H28N2O3. The summed E-state index contributed by atoms with van der Waals surface area (Å²) in [6.07, 6.45) is 5.34. The lowest BCUT2D eigenvalue weighted by molar-refractivity contribution is -0.116. The van der Waals surface area contributed by atoms with Crippen LogP contribution in [0.5, 0.6) is 0 Å². The predicted molar refractivity (Wildman–Crippen MR) is 98.0 cm³/mol. The molecule has 25 heavy (non-hydrogen) atoms. The minimum absolute atomic E-state index is 0.0624. The molecule has 0 unspecified atom stereocenters. The van der Waals surface area contributed by atoms with E-state index in [2.05, 4.69) is 10.6 Å². The molecule has 136 valence electrons. The Morgan fingerprint density at radius 3 is 2.32 bits per heavy atom. The van der Waals surface area contributed by atoms with Crippen LogP contribution < -0.4 is 10.6 Å². The molecule has 1 aromatic rings. The maximum Gasteiger partial charge on any atom is 0.251 e. The van der Waals surface area contributed by atoms with Crippen molar-refractivity contribution >= 4 is 11.8 Å². The van der Waals surface area contributed by atoms with Crippen LogP contribution in [0.4, 0.5) is 0 Å². The van der Waals surface area contributed by atoms with E-state index in [0.29, 0.717) is 18.0 Å². The van der Waals surface area contributed by atoms with Gasteiger partial charge in [-0.25, -0.2) is 0 Å². The second-order valence-corrected chi connectivity index (χ2v) is 7.01. The largest absolute Gasteiger partial charge is 0.396 e. The molecule has 0 saturated heterocycles. The molecule has 0 radical (unpaired) electrons. The number of allylic oxidation sites excluding steroid dienone is 1. The minimum atomic E-state index is -0.111. The highest BCUT2D eigenvalue weighted by Crippen LogP contribution is 2.23. The highest BCUT2D eigenvalue weighted by Gasteiger charge is 2.22. The lowest BCUT2D eigenvalue weighted by Crippen LogP contribution is -2.38. The first-order chi connectivity index (χ1) is 12.0. The van der Waals surface area contributed by atoms with Crippen molar-refractivity contribution in [2.45, 2.75) is 52.1 Å². The normalized spacial score (nSPS) is 19.8. The van der Waals surface area contributed by atoms with E-state index in [1.807, 2.05) is 26.0 Å². The molecule has 0 atom stereocenters. The number of carbonyl (C=O) groups is 2. The second-order valence-electron chi connectivity index (χ2n) is 7.01. The lowest BCUT2D eigenvalue weighted by Gasteiger charge is -2.28. The van der Waals surface area contributed by atoms with E-state index in [4.69, 9.17) is 5.11 Å². The van der Waals surface area contributed by atoms with Gasteiger partial charge >= 0.3 is 0 Å². The Hall–Kier alpha value is -2.14. The van der Waals surface area contributed by atoms with E-state index in [-0.39, 0.29) is 24.5 Å². The first-order valence-electron chi connectivity index (χ1n) is 8.91. The predicted octanol–water partition coefficient (Wildman–Crippen LogP) is 2.55. The van der Waals surface area contributed by atoms with Crippen LogP contribution in [0.2, 0.25) is 0 Å². The van der Waals surface area contributed by atoms with E-state index in [1.54, 1.807) is 18.2 Å². The standard InChI is InChI=1S/C20H28N2O3/c1-14(2)11-19(24)21-12-15-3-7-17(8-4-15)20(25)22-18-9-5-16(13-23)6-10-18/h3-4,7-8,11,16,18,23H,5-6,9-10,12-13H2,1-2H3,(H,21,24)(H,22,25). The van der Waals surface area contributed by atoms with Crippen LogP contribution >= 0.6 is 0 Å². The van der Waals surface area contributed by atoms with Gasteiger partial charge in [-0.2, -0.15) is 0 Å². The van der Waals surface area contributed by atoms with Crippen LogP contribution in [0.3, 0.4) is 0 Å². The van der Waals surface area contributed by atoms with Gasteiger partial charge in [0, 0.05) is 30.8 Å². The number of aliphatic hydroxyl groups excluding tert-OH is 1. The fraction of sp³-hybridized carbons (Fsp3) is 0.500. The average molecular weight is 344 g/mol. The minimum Gasteiger partial charge on any atom is -0.396 e. The monoisotopic (exact) mass is 344 g/mol. The molecule has 2 rings (SSSR count). The van der Waals surface area contributed by atoms with Crippen molar-refractivity contribution in [2.24, 2.45) is 5.92 Å². The fourth-order valence-corrected chi connectivity index (χ4v) is 3.03. The quantitative estimate of drug-likeness (QED) is 0.694. The zero-order valence-corrected chi connectivity index (χ0v) is 15.0. The molecule has 1 saturated carbocycles. The number of hydrogen-bond acceptors (Lipinski definition) is 3. The SMILES string of the molecule is CC(C)=CC(=O)NCc1ccc(C(=O)NC2CCC(CO)CC2)cc1. The van der Waals surface area contributed by atoms with Gasteiger partial charge in [-0.15, -0.1) is 0 Å². The summed E-state index contributed by atoms with van der Waals surface area (Å²) in [4.78, 5) is 23.9. The number of benzene rings is 1. The molecule has 0 spiro atoms. The summed E-state index contributed by atoms with van der Waals surface area (Å²) in [6, 6.07) is 7.49. The number of hydrogen-bond donors (Lipinski definition) is 3. The fourth-order valence-electron chi connectivity index (χ4n) is 3.03. The highest BCUT2D eigenvalue weighted by molar-refractivity contribution is 5.94. The average Bonchev–Trinajstić information content (AvgIpc) is 2.60. The van der Waals surface area contributed by atoms with Crippen molar-refractivity contribution in [3.05, 3.63) is 47.0 Å². The van der Waals surface area contributed by atoms with E-state index in [9.17, 15) is 9.59 Å². The molecular weight excluding hydrogens is 316 g/mol. The molecule has 1 aliphatic carbocycles. The zero-order chi connectivity index (χ0) is 18.2. The van der Waals surface area contributed by atoms with E-state index >= 15 is 0 Å². The van der Waals surface area contributed by atoms with Crippen molar-refractivity contribution in [3.63, 3.8) is 0 Å². The Labute approximate surface area is 149 Å². The smallest absolute Gasteiger partial charge is 0.251 e. The Morgan fingerprint density at radius 1 is 1.12 bits per heavy atom. The summed E-state index contributed by atoms with van der Waals surface area (Å²) in [7, 11) is 0. The third-order valence-electron chi connectivity index (χ3n) is 4.54. The summed E-state index contributed by atoms with van der Waals surface area (Å²) in [5, 5.41) is 15.1. The van der Waals surface area contributed by atoms with Crippen LogP contribution in [-0.2, 0) is 11.3 Å². The molecule has 1 aliphatic rings. The Morgan fingerprint density at radius 2 is 1.76 bits per heavy atom. The van der Waals surface area contributed by atoms with Gasteiger partial charge in [0.2, 0.25) is 5.91 Å².